The molecule has 2 aromatic heterocycles. The van der Waals surface area contributed by atoms with Gasteiger partial charge in [-0.1, -0.05) is 0 Å². The van der Waals surface area contributed by atoms with Crippen molar-refractivity contribution < 1.29 is 0 Å². The number of aromatic nitrogens is 3. The van der Waals surface area contributed by atoms with E-state index in [1.165, 1.54) is 0 Å². The van der Waals surface area contributed by atoms with Crippen LogP contribution in [0.2, 0.25) is 0 Å². The smallest absolute Gasteiger partial charge is 0.180 e. The van der Waals surface area contributed by atoms with Crippen molar-refractivity contribution in [1.82, 2.24) is 15.0 Å². The van der Waals surface area contributed by atoms with Crippen LogP contribution in [0, 0.1) is 6.92 Å². The van der Waals surface area contributed by atoms with Crippen molar-refractivity contribution in [2.75, 3.05) is 0 Å². The summed E-state index contributed by atoms with van der Waals surface area (Å²) in [7, 11) is 0. The first kappa shape index (κ1) is 10.7. The normalized spacial score (nSPS) is 10.3. The molecule has 0 bridgehead atoms. The number of hydrogen-bond acceptors (Lipinski definition) is 3. The van der Waals surface area contributed by atoms with Crippen molar-refractivity contribution in [2.24, 2.45) is 0 Å². The van der Waals surface area contributed by atoms with Crippen molar-refractivity contribution in [3.8, 4) is 11.5 Å². The molecule has 2 rings (SSSR count). The van der Waals surface area contributed by atoms with Crippen LogP contribution in [0.3, 0.4) is 0 Å². The molecule has 5 heteroatoms. The summed E-state index contributed by atoms with van der Waals surface area (Å²) in [4.78, 5) is 12.7. The van der Waals surface area contributed by atoms with Gasteiger partial charge in [-0.15, -0.1) is 0 Å². The average molecular weight is 329 g/mol. The Morgan fingerprint density at radius 1 is 1.07 bits per heavy atom. The van der Waals surface area contributed by atoms with Crippen LogP contribution in [0.25, 0.3) is 11.5 Å². The van der Waals surface area contributed by atoms with Crippen LogP contribution in [0.1, 0.15) is 5.56 Å². The summed E-state index contributed by atoms with van der Waals surface area (Å²) < 4.78 is 1.48. The first-order valence-electron chi connectivity index (χ1n) is 4.28. The molecule has 15 heavy (non-hydrogen) atoms. The van der Waals surface area contributed by atoms with E-state index in [9.17, 15) is 0 Å². The Kier molecular flexibility index (Phi) is 3.11. The largest absolute Gasteiger partial charge is 0.253 e. The molecule has 76 valence electrons. The van der Waals surface area contributed by atoms with Gasteiger partial charge >= 0.3 is 0 Å². The lowest BCUT2D eigenvalue weighted by Gasteiger charge is -2.01. The topological polar surface area (TPSA) is 38.7 Å². The van der Waals surface area contributed by atoms with Gasteiger partial charge in [0.25, 0.3) is 0 Å². The number of nitrogens with zero attached hydrogens (tertiary/aromatic N) is 3. The van der Waals surface area contributed by atoms with Crippen molar-refractivity contribution in [2.45, 2.75) is 6.92 Å². The second-order valence-electron chi connectivity index (χ2n) is 3.06. The Morgan fingerprint density at radius 2 is 1.73 bits per heavy atom. The molecule has 0 aliphatic rings. The predicted molar refractivity (Wildman–Crippen MR) is 65.4 cm³/mol. The number of hydrogen-bond donors (Lipinski definition) is 0. The molecule has 2 aromatic rings. The molecule has 0 aliphatic heterocycles. The first-order valence-corrected chi connectivity index (χ1v) is 5.87. The standard InChI is InChI=1S/C10H7Br2N3/c1-6-2-3-13-7(4-6)10-14-8(11)5-9(12)15-10/h2-5H,1H3. The minimum absolute atomic E-state index is 0.611. The molecule has 0 saturated heterocycles. The van der Waals surface area contributed by atoms with Crippen LogP contribution in [-0.2, 0) is 0 Å². The maximum Gasteiger partial charge on any atom is 0.180 e. The van der Waals surface area contributed by atoms with Crippen molar-refractivity contribution in [1.29, 1.82) is 0 Å². The lowest BCUT2D eigenvalue weighted by atomic mass is 10.2. The highest BCUT2D eigenvalue weighted by Gasteiger charge is 2.05. The van der Waals surface area contributed by atoms with E-state index in [1.807, 2.05) is 19.1 Å². The van der Waals surface area contributed by atoms with Crippen molar-refractivity contribution >= 4 is 31.9 Å². The van der Waals surface area contributed by atoms with Gasteiger partial charge in [-0.2, -0.15) is 0 Å². The fraction of sp³-hybridized carbons (Fsp3) is 0.100. The number of rotatable bonds is 1. The zero-order chi connectivity index (χ0) is 10.8. The van der Waals surface area contributed by atoms with Gasteiger partial charge in [-0.25, -0.2) is 9.97 Å². The van der Waals surface area contributed by atoms with Crippen LogP contribution >= 0.6 is 31.9 Å². The summed E-state index contributed by atoms with van der Waals surface area (Å²) in [5, 5.41) is 0. The van der Waals surface area contributed by atoms with Crippen molar-refractivity contribution in [3.05, 3.63) is 39.2 Å². The lowest BCUT2D eigenvalue weighted by molar-refractivity contribution is 1.09. The Morgan fingerprint density at radius 3 is 2.33 bits per heavy atom. The molecule has 0 unspecified atom stereocenters. The van der Waals surface area contributed by atoms with Gasteiger partial charge in [0, 0.05) is 12.3 Å². The Bertz CT molecular complexity index is 480. The summed E-state index contributed by atoms with van der Waals surface area (Å²) in [6, 6.07) is 5.68. The van der Waals surface area contributed by atoms with Crippen LogP contribution in [0.4, 0.5) is 0 Å². The SMILES string of the molecule is Cc1ccnc(-c2nc(Br)cc(Br)n2)c1. The highest BCUT2D eigenvalue weighted by Crippen LogP contribution is 2.19. The number of halogens is 2. The molecular formula is C10H7Br2N3. The highest BCUT2D eigenvalue weighted by molar-refractivity contribution is 9.11. The van der Waals surface area contributed by atoms with E-state index < -0.39 is 0 Å². The molecule has 3 nitrogen and oxygen atoms in total. The Hall–Kier alpha value is -0.810. The second-order valence-corrected chi connectivity index (χ2v) is 4.68. The van der Waals surface area contributed by atoms with E-state index in [0.717, 1.165) is 20.5 Å². The van der Waals surface area contributed by atoms with Gasteiger partial charge < -0.3 is 0 Å². The molecular weight excluding hydrogens is 322 g/mol. The van der Waals surface area contributed by atoms with Gasteiger partial charge in [0.05, 0.1) is 0 Å². The highest BCUT2D eigenvalue weighted by atomic mass is 79.9. The second kappa shape index (κ2) is 4.37. The first-order chi connectivity index (χ1) is 7.15. The van der Waals surface area contributed by atoms with E-state index in [2.05, 4.69) is 46.8 Å². The monoisotopic (exact) mass is 327 g/mol. The molecule has 0 amide bonds. The van der Waals surface area contributed by atoms with Crippen molar-refractivity contribution in [3.63, 3.8) is 0 Å². The molecule has 0 radical (unpaired) electrons. The molecule has 0 fully saturated rings. The lowest BCUT2D eigenvalue weighted by Crippen LogP contribution is -1.93. The molecule has 0 N–H and O–H groups in total. The molecule has 0 aromatic carbocycles. The van der Waals surface area contributed by atoms with Gasteiger partial charge in [-0.3, -0.25) is 4.98 Å². The number of aryl methyl sites for hydroxylation is 1. The molecule has 0 aliphatic carbocycles. The van der Waals surface area contributed by atoms with Gasteiger partial charge in [0.1, 0.15) is 14.9 Å². The zero-order valence-electron chi connectivity index (χ0n) is 7.91. The summed E-state index contributed by atoms with van der Waals surface area (Å²) in [6.07, 6.45) is 1.75. The van der Waals surface area contributed by atoms with Gasteiger partial charge in [0.2, 0.25) is 0 Å². The fourth-order valence-corrected chi connectivity index (χ4v) is 2.24. The molecule has 0 spiro atoms. The molecule has 0 saturated carbocycles. The summed E-state index contributed by atoms with van der Waals surface area (Å²) >= 11 is 6.64. The van der Waals surface area contributed by atoms with Crippen LogP contribution < -0.4 is 0 Å². The third-order valence-electron chi connectivity index (χ3n) is 1.81. The molecule has 0 atom stereocenters. The average Bonchev–Trinajstić information content (AvgIpc) is 2.16. The summed E-state index contributed by atoms with van der Waals surface area (Å²) in [5.74, 6) is 0.611. The zero-order valence-corrected chi connectivity index (χ0v) is 11.1. The minimum Gasteiger partial charge on any atom is -0.253 e. The van der Waals surface area contributed by atoms with E-state index in [0.29, 0.717) is 5.82 Å². The summed E-state index contributed by atoms with van der Waals surface area (Å²) in [6.45, 7) is 2.01. The summed E-state index contributed by atoms with van der Waals surface area (Å²) in [5.41, 5.74) is 1.91. The van der Waals surface area contributed by atoms with Crippen LogP contribution in [0.5, 0.6) is 0 Å². The third-order valence-corrected chi connectivity index (χ3v) is 2.62. The fourth-order valence-electron chi connectivity index (χ4n) is 1.16. The van der Waals surface area contributed by atoms with Gasteiger partial charge in [-0.05, 0) is 56.5 Å². The third kappa shape index (κ3) is 2.60. The van der Waals surface area contributed by atoms with Crippen LogP contribution in [0.15, 0.2) is 33.6 Å². The maximum atomic E-state index is 4.26. The predicted octanol–water partition coefficient (Wildman–Crippen LogP) is 3.37. The quantitative estimate of drug-likeness (QED) is 0.753. The van der Waals surface area contributed by atoms with Crippen LogP contribution in [-0.4, -0.2) is 15.0 Å². The van der Waals surface area contributed by atoms with E-state index >= 15 is 0 Å². The molecule has 2 heterocycles. The number of pyridine rings is 1. The Labute approximate surface area is 104 Å². The van der Waals surface area contributed by atoms with E-state index in [1.54, 1.807) is 12.3 Å². The van der Waals surface area contributed by atoms with Gasteiger partial charge in [0.15, 0.2) is 5.82 Å². The Balaban J connectivity index is 2.54. The maximum absolute atomic E-state index is 4.26. The van der Waals surface area contributed by atoms with E-state index in [-0.39, 0.29) is 0 Å². The van der Waals surface area contributed by atoms with E-state index in [4.69, 9.17) is 0 Å². The minimum atomic E-state index is 0.611.